The second kappa shape index (κ2) is 4.92. The summed E-state index contributed by atoms with van der Waals surface area (Å²) in [6.07, 6.45) is 4.99. The number of ether oxygens (including phenoxy) is 1. The first-order valence-electron chi connectivity index (χ1n) is 6.66. The Morgan fingerprint density at radius 2 is 2.17 bits per heavy atom. The summed E-state index contributed by atoms with van der Waals surface area (Å²) in [6.45, 7) is 7.26. The molecule has 3 atom stereocenters. The Hall–Kier alpha value is -1.03. The number of fused-ring (bicyclic) bond motifs is 1. The van der Waals surface area contributed by atoms with Crippen LogP contribution < -0.4 is 0 Å². The van der Waals surface area contributed by atoms with Gasteiger partial charge in [0.15, 0.2) is 0 Å². The molecule has 1 aliphatic carbocycles. The average Bonchev–Trinajstić information content (AvgIpc) is 2.70. The fraction of sp³-hybridized carbons (Fsp3) is 0.786. The summed E-state index contributed by atoms with van der Waals surface area (Å²) in [5.74, 6) is 1.04. The highest BCUT2D eigenvalue weighted by Gasteiger charge is 2.40. The number of aliphatic hydroxyl groups excluding tert-OH is 1. The zero-order chi connectivity index (χ0) is 13.3. The number of carbonyl (C=O) groups is 1. The van der Waals surface area contributed by atoms with Crippen LogP contribution in [0.5, 0.6) is 0 Å². The van der Waals surface area contributed by atoms with Gasteiger partial charge in [0.2, 0.25) is 0 Å². The minimum Gasteiger partial charge on any atom is -0.444 e. The van der Waals surface area contributed by atoms with E-state index in [0.717, 1.165) is 6.42 Å². The number of carbonyl (C=O) groups excluding carboxylic acids is 1. The van der Waals surface area contributed by atoms with Gasteiger partial charge in [0.1, 0.15) is 5.60 Å². The van der Waals surface area contributed by atoms with Crippen LogP contribution in [0.2, 0.25) is 0 Å². The molecule has 2 rings (SSSR count). The van der Waals surface area contributed by atoms with Crippen molar-refractivity contribution in [2.75, 3.05) is 19.7 Å². The molecule has 1 aliphatic heterocycles. The molecule has 1 heterocycles. The van der Waals surface area contributed by atoms with Gasteiger partial charge < -0.3 is 14.7 Å². The van der Waals surface area contributed by atoms with E-state index in [1.54, 1.807) is 4.90 Å². The van der Waals surface area contributed by atoms with Gasteiger partial charge in [-0.1, -0.05) is 12.2 Å². The van der Waals surface area contributed by atoms with Crippen molar-refractivity contribution < 1.29 is 14.6 Å². The van der Waals surface area contributed by atoms with Crippen LogP contribution in [0.15, 0.2) is 12.2 Å². The second-order valence-electron chi connectivity index (χ2n) is 6.32. The van der Waals surface area contributed by atoms with E-state index < -0.39 is 5.60 Å². The average molecular weight is 253 g/mol. The maximum atomic E-state index is 12.0. The lowest BCUT2D eigenvalue weighted by Gasteiger charge is -2.27. The van der Waals surface area contributed by atoms with Gasteiger partial charge in [-0.25, -0.2) is 4.79 Å². The molecule has 0 aromatic heterocycles. The monoisotopic (exact) mass is 253 g/mol. The first kappa shape index (κ1) is 13.4. The van der Waals surface area contributed by atoms with E-state index in [9.17, 15) is 9.90 Å². The van der Waals surface area contributed by atoms with Gasteiger partial charge in [0.25, 0.3) is 0 Å². The highest BCUT2D eigenvalue weighted by Crippen LogP contribution is 2.36. The number of hydrogen-bond acceptors (Lipinski definition) is 3. The first-order chi connectivity index (χ1) is 8.40. The van der Waals surface area contributed by atoms with Gasteiger partial charge in [-0.2, -0.15) is 0 Å². The first-order valence-corrected chi connectivity index (χ1v) is 6.66. The largest absolute Gasteiger partial charge is 0.444 e. The number of aliphatic hydroxyl groups is 1. The minimum absolute atomic E-state index is 0.202. The standard InChI is InChI=1S/C14H23NO3/c1-14(2,3)18-13(17)15-7-10-5-4-6-11(9-16)12(10)8-15/h4-5,10-12,16H,6-9H2,1-3H3/t10-,11+,12-/m1/s1. The van der Waals surface area contributed by atoms with Gasteiger partial charge >= 0.3 is 6.09 Å². The molecule has 0 bridgehead atoms. The summed E-state index contributed by atoms with van der Waals surface area (Å²) in [5, 5.41) is 9.38. The maximum absolute atomic E-state index is 12.0. The molecule has 0 saturated carbocycles. The summed E-state index contributed by atoms with van der Waals surface area (Å²) in [6, 6.07) is 0. The molecule has 1 fully saturated rings. The van der Waals surface area contributed by atoms with Crippen molar-refractivity contribution in [3.05, 3.63) is 12.2 Å². The Bertz CT molecular complexity index is 345. The van der Waals surface area contributed by atoms with E-state index in [2.05, 4.69) is 12.2 Å². The second-order valence-corrected chi connectivity index (χ2v) is 6.32. The van der Waals surface area contributed by atoms with Crippen LogP contribution in [-0.2, 0) is 4.74 Å². The molecule has 1 amide bonds. The lowest BCUT2D eigenvalue weighted by molar-refractivity contribution is 0.0279. The van der Waals surface area contributed by atoms with Crippen LogP contribution in [0.4, 0.5) is 4.79 Å². The van der Waals surface area contributed by atoms with Crippen molar-refractivity contribution in [1.29, 1.82) is 0 Å². The van der Waals surface area contributed by atoms with Gasteiger partial charge in [-0.3, -0.25) is 0 Å². The fourth-order valence-corrected chi connectivity index (χ4v) is 2.84. The molecule has 4 heteroatoms. The zero-order valence-electron chi connectivity index (χ0n) is 11.4. The van der Waals surface area contributed by atoms with Crippen molar-refractivity contribution >= 4 is 6.09 Å². The summed E-state index contributed by atoms with van der Waals surface area (Å²) in [5.41, 5.74) is -0.447. The van der Waals surface area contributed by atoms with Crippen LogP contribution >= 0.6 is 0 Å². The van der Waals surface area contributed by atoms with Gasteiger partial charge in [-0.15, -0.1) is 0 Å². The van der Waals surface area contributed by atoms with Crippen molar-refractivity contribution in [3.8, 4) is 0 Å². The van der Waals surface area contributed by atoms with E-state index in [0.29, 0.717) is 24.9 Å². The molecule has 0 aromatic rings. The lowest BCUT2D eigenvalue weighted by atomic mass is 9.78. The molecule has 4 nitrogen and oxygen atoms in total. The predicted octanol–water partition coefficient (Wildman–Crippen LogP) is 2.04. The molecule has 0 unspecified atom stereocenters. The molecular weight excluding hydrogens is 230 g/mol. The lowest BCUT2D eigenvalue weighted by Crippen LogP contribution is -2.36. The number of likely N-dealkylation sites (tertiary alicyclic amines) is 1. The molecule has 102 valence electrons. The molecule has 1 saturated heterocycles. The van der Waals surface area contributed by atoms with E-state index in [4.69, 9.17) is 4.74 Å². The third kappa shape index (κ3) is 2.86. The Labute approximate surface area is 109 Å². The smallest absolute Gasteiger partial charge is 0.410 e. The van der Waals surface area contributed by atoms with Gasteiger partial charge in [0, 0.05) is 19.7 Å². The number of hydrogen-bond donors (Lipinski definition) is 1. The molecule has 0 radical (unpaired) electrons. The molecule has 2 aliphatic rings. The summed E-state index contributed by atoms with van der Waals surface area (Å²) in [4.78, 5) is 13.8. The van der Waals surface area contributed by atoms with Crippen molar-refractivity contribution in [1.82, 2.24) is 4.90 Å². The molecular formula is C14H23NO3. The van der Waals surface area contributed by atoms with Gasteiger partial charge in [-0.05, 0) is 44.9 Å². The normalized spacial score (nSPS) is 31.3. The van der Waals surface area contributed by atoms with Crippen LogP contribution in [-0.4, -0.2) is 41.4 Å². The third-order valence-corrected chi connectivity index (χ3v) is 3.73. The van der Waals surface area contributed by atoms with Crippen LogP contribution in [0, 0.1) is 17.8 Å². The Balaban J connectivity index is 1.99. The zero-order valence-corrected chi connectivity index (χ0v) is 11.4. The summed E-state index contributed by atoms with van der Waals surface area (Å²) >= 11 is 0. The van der Waals surface area contributed by atoms with Gasteiger partial charge in [0.05, 0.1) is 0 Å². The van der Waals surface area contributed by atoms with Crippen LogP contribution in [0.25, 0.3) is 0 Å². The number of rotatable bonds is 1. The third-order valence-electron chi connectivity index (χ3n) is 3.73. The number of amides is 1. The minimum atomic E-state index is -0.447. The van der Waals surface area contributed by atoms with E-state index in [1.165, 1.54) is 0 Å². The molecule has 0 spiro atoms. The van der Waals surface area contributed by atoms with Crippen LogP contribution in [0.1, 0.15) is 27.2 Å². The summed E-state index contributed by atoms with van der Waals surface area (Å²) in [7, 11) is 0. The van der Waals surface area contributed by atoms with Crippen molar-refractivity contribution in [2.45, 2.75) is 32.8 Å². The van der Waals surface area contributed by atoms with Crippen LogP contribution in [0.3, 0.4) is 0 Å². The Morgan fingerprint density at radius 3 is 2.78 bits per heavy atom. The highest BCUT2D eigenvalue weighted by atomic mass is 16.6. The van der Waals surface area contributed by atoms with Crippen molar-refractivity contribution in [3.63, 3.8) is 0 Å². The van der Waals surface area contributed by atoms with E-state index >= 15 is 0 Å². The maximum Gasteiger partial charge on any atom is 0.410 e. The Kier molecular flexibility index (Phi) is 3.66. The topological polar surface area (TPSA) is 49.8 Å². The molecule has 0 aromatic carbocycles. The molecule has 1 N–H and O–H groups in total. The summed E-state index contributed by atoms with van der Waals surface area (Å²) < 4.78 is 5.40. The van der Waals surface area contributed by atoms with E-state index in [1.807, 2.05) is 20.8 Å². The van der Waals surface area contributed by atoms with E-state index in [-0.39, 0.29) is 18.6 Å². The number of allylic oxidation sites excluding steroid dienone is 1. The van der Waals surface area contributed by atoms with Crippen molar-refractivity contribution in [2.24, 2.45) is 17.8 Å². The predicted molar refractivity (Wildman–Crippen MR) is 69.1 cm³/mol. The molecule has 18 heavy (non-hydrogen) atoms. The fourth-order valence-electron chi connectivity index (χ4n) is 2.84. The Morgan fingerprint density at radius 1 is 1.44 bits per heavy atom. The SMILES string of the molecule is CC(C)(C)OC(=O)N1C[C@H]2[C@H](CO)CC=C[C@@H]2C1. The highest BCUT2D eigenvalue weighted by molar-refractivity contribution is 5.68. The quantitative estimate of drug-likeness (QED) is 0.727. The number of nitrogens with zero attached hydrogens (tertiary/aromatic N) is 1.